The number of anilines is 3. The van der Waals surface area contributed by atoms with Gasteiger partial charge in [0.25, 0.3) is 0 Å². The van der Waals surface area contributed by atoms with Gasteiger partial charge in [0.15, 0.2) is 5.82 Å². The van der Waals surface area contributed by atoms with Gasteiger partial charge < -0.3 is 10.6 Å². The van der Waals surface area contributed by atoms with Crippen LogP contribution < -0.4 is 10.6 Å². The van der Waals surface area contributed by atoms with Crippen LogP contribution in [0.5, 0.6) is 0 Å². The number of rotatable bonds is 5. The van der Waals surface area contributed by atoms with E-state index in [4.69, 9.17) is 0 Å². The fourth-order valence-corrected chi connectivity index (χ4v) is 2.23. The topological polar surface area (TPSA) is 62.7 Å². The molecular weight excluding hydrogens is 305 g/mol. The Morgan fingerprint density at radius 2 is 1.71 bits per heavy atom. The molecule has 0 saturated heterocycles. The molecule has 1 aromatic carbocycles. The molecule has 0 spiro atoms. The molecule has 0 fully saturated rings. The number of hydrogen-bond donors (Lipinski definition) is 2. The molecule has 3 aromatic rings. The van der Waals surface area contributed by atoms with E-state index >= 15 is 0 Å². The van der Waals surface area contributed by atoms with Crippen molar-refractivity contribution in [2.24, 2.45) is 0 Å². The first-order chi connectivity index (χ1) is 11.6. The first kappa shape index (κ1) is 15.9. The smallest absolute Gasteiger partial charge is 0.163 e. The third kappa shape index (κ3) is 4.04. The van der Waals surface area contributed by atoms with Gasteiger partial charge in [-0.1, -0.05) is 30.3 Å². The summed E-state index contributed by atoms with van der Waals surface area (Å²) in [4.78, 5) is 12.9. The molecule has 0 atom stereocenters. The number of nitrogens with zero attached hydrogens (tertiary/aromatic N) is 3. The molecule has 24 heavy (non-hydrogen) atoms. The summed E-state index contributed by atoms with van der Waals surface area (Å²) >= 11 is 0. The van der Waals surface area contributed by atoms with Gasteiger partial charge in [0.05, 0.1) is 18.1 Å². The van der Waals surface area contributed by atoms with Gasteiger partial charge in [-0.05, 0) is 13.8 Å². The van der Waals surface area contributed by atoms with E-state index in [-0.39, 0.29) is 6.04 Å². The Balaban J connectivity index is 1.98. The lowest BCUT2D eigenvalue weighted by Gasteiger charge is -2.13. The van der Waals surface area contributed by atoms with Crippen molar-refractivity contribution < 1.29 is 4.39 Å². The molecule has 3 rings (SSSR count). The van der Waals surface area contributed by atoms with Crippen molar-refractivity contribution in [2.45, 2.75) is 19.9 Å². The highest BCUT2D eigenvalue weighted by Crippen LogP contribution is 2.23. The van der Waals surface area contributed by atoms with Crippen LogP contribution in [-0.4, -0.2) is 21.0 Å². The van der Waals surface area contributed by atoms with Crippen LogP contribution in [-0.2, 0) is 0 Å². The highest BCUT2D eigenvalue weighted by molar-refractivity contribution is 5.64. The predicted molar refractivity (Wildman–Crippen MR) is 93.7 cm³/mol. The number of benzene rings is 1. The standard InChI is InChI=1S/C18H18FN5/c1-12(2)21-16-9-17(22-15-8-14(19)10-20-11-15)24-18(23-16)13-6-4-3-5-7-13/h3-12H,1-2H3,(H2,21,22,23,24). The maximum atomic E-state index is 13.3. The van der Waals surface area contributed by atoms with Crippen LogP contribution in [0.2, 0.25) is 0 Å². The summed E-state index contributed by atoms with van der Waals surface area (Å²) in [6.45, 7) is 4.07. The number of hydrogen-bond acceptors (Lipinski definition) is 5. The lowest BCUT2D eigenvalue weighted by Crippen LogP contribution is -2.12. The number of halogens is 1. The Labute approximate surface area is 140 Å². The zero-order chi connectivity index (χ0) is 16.9. The Morgan fingerprint density at radius 3 is 2.42 bits per heavy atom. The Morgan fingerprint density at radius 1 is 0.958 bits per heavy atom. The van der Waals surface area contributed by atoms with Gasteiger partial charge in [-0.15, -0.1) is 0 Å². The lowest BCUT2D eigenvalue weighted by atomic mass is 10.2. The minimum Gasteiger partial charge on any atom is -0.368 e. The van der Waals surface area contributed by atoms with E-state index in [1.807, 2.05) is 44.2 Å². The van der Waals surface area contributed by atoms with Crippen LogP contribution in [0, 0.1) is 5.82 Å². The van der Waals surface area contributed by atoms with E-state index in [0.717, 1.165) is 11.8 Å². The maximum Gasteiger partial charge on any atom is 0.163 e. The summed E-state index contributed by atoms with van der Waals surface area (Å²) in [5.74, 6) is 1.45. The van der Waals surface area contributed by atoms with Crippen LogP contribution in [0.4, 0.5) is 21.7 Å². The third-order valence-electron chi connectivity index (χ3n) is 3.17. The van der Waals surface area contributed by atoms with Crippen molar-refractivity contribution in [2.75, 3.05) is 10.6 Å². The van der Waals surface area contributed by atoms with Gasteiger partial charge in [0, 0.05) is 23.7 Å². The van der Waals surface area contributed by atoms with E-state index in [9.17, 15) is 4.39 Å². The highest BCUT2D eigenvalue weighted by Gasteiger charge is 2.08. The van der Waals surface area contributed by atoms with Gasteiger partial charge in [-0.25, -0.2) is 14.4 Å². The van der Waals surface area contributed by atoms with Crippen LogP contribution in [0.15, 0.2) is 54.9 Å². The van der Waals surface area contributed by atoms with Gasteiger partial charge in [-0.3, -0.25) is 4.98 Å². The highest BCUT2D eigenvalue weighted by atomic mass is 19.1. The molecule has 0 aliphatic heterocycles. The number of pyridine rings is 1. The summed E-state index contributed by atoms with van der Waals surface area (Å²) in [6.07, 6.45) is 2.70. The summed E-state index contributed by atoms with van der Waals surface area (Å²) in [5.41, 5.74) is 1.44. The second kappa shape index (κ2) is 7.04. The van der Waals surface area contributed by atoms with Crippen molar-refractivity contribution in [3.63, 3.8) is 0 Å². The lowest BCUT2D eigenvalue weighted by molar-refractivity contribution is 0.622. The molecule has 2 aromatic heterocycles. The molecule has 0 amide bonds. The number of aromatic nitrogens is 3. The molecular formula is C18H18FN5. The molecule has 0 bridgehead atoms. The first-order valence-electron chi connectivity index (χ1n) is 7.69. The average molecular weight is 323 g/mol. The molecule has 0 saturated carbocycles. The zero-order valence-corrected chi connectivity index (χ0v) is 13.5. The van der Waals surface area contributed by atoms with Gasteiger partial charge in [0.2, 0.25) is 0 Å². The van der Waals surface area contributed by atoms with Crippen LogP contribution in [0.3, 0.4) is 0 Å². The SMILES string of the molecule is CC(C)Nc1cc(Nc2cncc(F)c2)nc(-c2ccccc2)n1. The molecule has 5 nitrogen and oxygen atoms in total. The molecule has 0 aliphatic rings. The quantitative estimate of drug-likeness (QED) is 0.735. The van der Waals surface area contributed by atoms with Crippen LogP contribution in [0.25, 0.3) is 11.4 Å². The van der Waals surface area contributed by atoms with Crippen LogP contribution >= 0.6 is 0 Å². The maximum absolute atomic E-state index is 13.3. The van der Waals surface area contributed by atoms with Gasteiger partial charge in [-0.2, -0.15) is 0 Å². The largest absolute Gasteiger partial charge is 0.368 e. The zero-order valence-electron chi connectivity index (χ0n) is 13.5. The van der Waals surface area contributed by atoms with E-state index in [1.165, 1.54) is 6.07 Å². The van der Waals surface area contributed by atoms with Crippen molar-refractivity contribution in [1.29, 1.82) is 0 Å². The van der Waals surface area contributed by atoms with Crippen molar-refractivity contribution >= 4 is 17.3 Å². The molecule has 6 heteroatoms. The Bertz CT molecular complexity index is 821. The summed E-state index contributed by atoms with van der Waals surface area (Å²) in [6, 6.07) is 13.1. The molecule has 122 valence electrons. The normalized spacial score (nSPS) is 10.7. The van der Waals surface area contributed by atoms with E-state index in [2.05, 4.69) is 25.6 Å². The minimum absolute atomic E-state index is 0.229. The first-order valence-corrected chi connectivity index (χ1v) is 7.69. The summed E-state index contributed by atoms with van der Waals surface area (Å²) in [5, 5.41) is 6.35. The monoisotopic (exact) mass is 323 g/mol. The minimum atomic E-state index is -0.405. The molecule has 2 heterocycles. The van der Waals surface area contributed by atoms with E-state index in [1.54, 1.807) is 12.3 Å². The second-order valence-electron chi connectivity index (χ2n) is 5.64. The van der Waals surface area contributed by atoms with Crippen molar-refractivity contribution in [3.8, 4) is 11.4 Å². The third-order valence-corrected chi connectivity index (χ3v) is 3.17. The Hall–Kier alpha value is -3.02. The van der Waals surface area contributed by atoms with E-state index < -0.39 is 5.82 Å². The van der Waals surface area contributed by atoms with Crippen LogP contribution in [0.1, 0.15) is 13.8 Å². The van der Waals surface area contributed by atoms with Crippen molar-refractivity contribution in [3.05, 3.63) is 60.7 Å². The van der Waals surface area contributed by atoms with E-state index in [0.29, 0.717) is 23.1 Å². The predicted octanol–water partition coefficient (Wildman–Crippen LogP) is 4.24. The summed E-state index contributed by atoms with van der Waals surface area (Å²) in [7, 11) is 0. The average Bonchev–Trinajstić information content (AvgIpc) is 2.55. The fraction of sp³-hybridized carbons (Fsp3) is 0.167. The molecule has 0 unspecified atom stereocenters. The molecule has 0 radical (unpaired) electrons. The second-order valence-corrected chi connectivity index (χ2v) is 5.64. The number of nitrogens with one attached hydrogen (secondary N) is 2. The summed E-state index contributed by atoms with van der Waals surface area (Å²) < 4.78 is 13.3. The van der Waals surface area contributed by atoms with Crippen molar-refractivity contribution in [1.82, 2.24) is 15.0 Å². The van der Waals surface area contributed by atoms with Gasteiger partial charge >= 0.3 is 0 Å². The molecule has 0 aliphatic carbocycles. The Kier molecular flexibility index (Phi) is 4.65. The van der Waals surface area contributed by atoms with Gasteiger partial charge in [0.1, 0.15) is 17.5 Å². The fourth-order valence-electron chi connectivity index (χ4n) is 2.23. The molecule has 2 N–H and O–H groups in total.